The molecule has 0 saturated carbocycles. The molecule has 25 heavy (non-hydrogen) atoms. The molecule has 2 aromatic carbocycles. The molecular formula is C17H18N2O6. The Morgan fingerprint density at radius 1 is 0.920 bits per heavy atom. The highest BCUT2D eigenvalue weighted by Gasteiger charge is 2.12. The second-order valence-corrected chi connectivity index (χ2v) is 4.76. The fourth-order valence-corrected chi connectivity index (χ4v) is 1.99. The zero-order chi connectivity index (χ0) is 18.2. The molecule has 0 unspecified atom stereocenters. The minimum Gasteiger partial charge on any atom is -0.493 e. The Labute approximate surface area is 144 Å². The van der Waals surface area contributed by atoms with Gasteiger partial charge in [0.15, 0.2) is 18.1 Å². The van der Waals surface area contributed by atoms with E-state index in [2.05, 4.69) is 10.2 Å². The first-order chi connectivity index (χ1) is 12.1. The lowest BCUT2D eigenvalue weighted by Crippen LogP contribution is -2.09. The molecule has 0 amide bonds. The van der Waals surface area contributed by atoms with Crippen LogP contribution < -0.4 is 18.9 Å². The summed E-state index contributed by atoms with van der Waals surface area (Å²) in [4.78, 5) is 10.5. The third kappa shape index (κ3) is 4.84. The second kappa shape index (κ2) is 8.53. The van der Waals surface area contributed by atoms with Gasteiger partial charge >= 0.3 is 5.97 Å². The van der Waals surface area contributed by atoms with Crippen molar-refractivity contribution in [3.63, 3.8) is 0 Å². The largest absolute Gasteiger partial charge is 0.493 e. The van der Waals surface area contributed by atoms with E-state index in [9.17, 15) is 4.79 Å². The van der Waals surface area contributed by atoms with Crippen LogP contribution in [0.3, 0.4) is 0 Å². The molecule has 8 heteroatoms. The summed E-state index contributed by atoms with van der Waals surface area (Å²) in [6.07, 6.45) is 0. The molecule has 0 bridgehead atoms. The van der Waals surface area contributed by atoms with Gasteiger partial charge in [0.2, 0.25) is 5.75 Å². The van der Waals surface area contributed by atoms with Crippen LogP contribution in [0, 0.1) is 0 Å². The lowest BCUT2D eigenvalue weighted by atomic mass is 10.2. The van der Waals surface area contributed by atoms with Crippen LogP contribution in [0.5, 0.6) is 23.0 Å². The van der Waals surface area contributed by atoms with Gasteiger partial charge in [-0.15, -0.1) is 0 Å². The van der Waals surface area contributed by atoms with Gasteiger partial charge in [0.25, 0.3) is 0 Å². The summed E-state index contributed by atoms with van der Waals surface area (Å²) < 4.78 is 20.8. The van der Waals surface area contributed by atoms with Crippen LogP contribution in [0.2, 0.25) is 0 Å². The van der Waals surface area contributed by atoms with Gasteiger partial charge in [-0.05, 0) is 24.3 Å². The highest BCUT2D eigenvalue weighted by molar-refractivity contribution is 5.68. The van der Waals surface area contributed by atoms with Gasteiger partial charge in [0, 0.05) is 12.1 Å². The third-order valence-corrected chi connectivity index (χ3v) is 3.13. The fourth-order valence-electron chi connectivity index (χ4n) is 1.99. The molecule has 2 rings (SSSR count). The van der Waals surface area contributed by atoms with E-state index < -0.39 is 12.6 Å². The van der Waals surface area contributed by atoms with Crippen LogP contribution in [0.1, 0.15) is 0 Å². The molecule has 0 aromatic heterocycles. The number of carboxylic acid groups (broad SMARTS) is 1. The van der Waals surface area contributed by atoms with Crippen molar-refractivity contribution in [1.29, 1.82) is 0 Å². The summed E-state index contributed by atoms with van der Waals surface area (Å²) in [5, 5.41) is 16.8. The van der Waals surface area contributed by atoms with Gasteiger partial charge in [0.05, 0.1) is 32.7 Å². The summed E-state index contributed by atoms with van der Waals surface area (Å²) in [5.41, 5.74) is 1.11. The van der Waals surface area contributed by atoms with Gasteiger partial charge in [-0.2, -0.15) is 10.2 Å². The maximum Gasteiger partial charge on any atom is 0.341 e. The number of aliphatic carboxylic acids is 1. The Balaban J connectivity index is 2.17. The van der Waals surface area contributed by atoms with Crippen LogP contribution in [-0.2, 0) is 4.79 Å². The third-order valence-electron chi connectivity index (χ3n) is 3.13. The molecule has 2 aromatic rings. The number of hydrogen-bond acceptors (Lipinski definition) is 7. The second-order valence-electron chi connectivity index (χ2n) is 4.76. The van der Waals surface area contributed by atoms with Crippen LogP contribution in [0.15, 0.2) is 46.6 Å². The number of benzene rings is 2. The minimum absolute atomic E-state index is 0.397. The number of rotatable bonds is 8. The first kappa shape index (κ1) is 18.1. The van der Waals surface area contributed by atoms with Crippen molar-refractivity contribution < 1.29 is 28.8 Å². The summed E-state index contributed by atoms with van der Waals surface area (Å²) in [6.45, 7) is -0.397. The van der Waals surface area contributed by atoms with Crippen LogP contribution >= 0.6 is 0 Å². The number of ether oxygens (including phenoxy) is 4. The predicted molar refractivity (Wildman–Crippen MR) is 89.8 cm³/mol. The molecule has 0 heterocycles. The lowest BCUT2D eigenvalue weighted by molar-refractivity contribution is -0.139. The summed E-state index contributed by atoms with van der Waals surface area (Å²) in [7, 11) is 4.57. The maximum absolute atomic E-state index is 10.5. The molecule has 0 aliphatic carbocycles. The molecule has 1 N–H and O–H groups in total. The van der Waals surface area contributed by atoms with Crippen molar-refractivity contribution in [2.24, 2.45) is 10.2 Å². The Hall–Kier alpha value is -3.29. The van der Waals surface area contributed by atoms with E-state index >= 15 is 0 Å². The molecule has 0 aliphatic rings. The number of azo groups is 1. The van der Waals surface area contributed by atoms with Crippen molar-refractivity contribution in [2.45, 2.75) is 0 Å². The SMILES string of the molecule is COc1cc(N=Nc2ccc(OCC(=O)O)cc2)cc(OC)c1OC. The molecule has 8 nitrogen and oxygen atoms in total. The Kier molecular flexibility index (Phi) is 6.16. The van der Waals surface area contributed by atoms with E-state index in [1.165, 1.54) is 21.3 Å². The number of carboxylic acids is 1. The molecule has 132 valence electrons. The monoisotopic (exact) mass is 346 g/mol. The standard InChI is InChI=1S/C17H18N2O6/c1-22-14-8-12(9-15(23-2)17(14)24-3)19-18-11-4-6-13(7-5-11)25-10-16(20)21/h4-9H,10H2,1-3H3,(H,20,21). The van der Waals surface area contributed by atoms with Gasteiger partial charge in [-0.3, -0.25) is 0 Å². The number of hydrogen-bond donors (Lipinski definition) is 1. The number of methoxy groups -OCH3 is 3. The first-order valence-corrected chi connectivity index (χ1v) is 7.23. The normalized spacial score (nSPS) is 10.5. The van der Waals surface area contributed by atoms with Gasteiger partial charge in [0.1, 0.15) is 5.75 Å². The zero-order valence-corrected chi connectivity index (χ0v) is 14.1. The topological polar surface area (TPSA) is 98.9 Å². The Bertz CT molecular complexity index is 733. The summed E-state index contributed by atoms with van der Waals surface area (Å²) in [5.74, 6) is 0.839. The maximum atomic E-state index is 10.5. The van der Waals surface area contributed by atoms with Gasteiger partial charge in [-0.1, -0.05) is 0 Å². The quantitative estimate of drug-likeness (QED) is 0.733. The van der Waals surface area contributed by atoms with Crippen molar-refractivity contribution in [2.75, 3.05) is 27.9 Å². The molecular weight excluding hydrogens is 328 g/mol. The van der Waals surface area contributed by atoms with E-state index in [1.54, 1.807) is 36.4 Å². The molecule has 0 spiro atoms. The fraction of sp³-hybridized carbons (Fsp3) is 0.235. The molecule has 0 radical (unpaired) electrons. The molecule has 0 saturated heterocycles. The highest BCUT2D eigenvalue weighted by Crippen LogP contribution is 2.41. The minimum atomic E-state index is -1.04. The lowest BCUT2D eigenvalue weighted by Gasteiger charge is -2.12. The van der Waals surface area contributed by atoms with Crippen molar-refractivity contribution in [3.05, 3.63) is 36.4 Å². The molecule has 0 fully saturated rings. The summed E-state index contributed by atoms with van der Waals surface area (Å²) in [6, 6.07) is 9.92. The average molecular weight is 346 g/mol. The molecule has 0 atom stereocenters. The number of carbonyl (C=O) groups is 1. The highest BCUT2D eigenvalue weighted by atomic mass is 16.5. The van der Waals surface area contributed by atoms with E-state index in [0.717, 1.165) is 0 Å². The average Bonchev–Trinajstić information content (AvgIpc) is 2.64. The summed E-state index contributed by atoms with van der Waals surface area (Å²) >= 11 is 0. The Morgan fingerprint density at radius 3 is 1.96 bits per heavy atom. The smallest absolute Gasteiger partial charge is 0.341 e. The first-order valence-electron chi connectivity index (χ1n) is 7.23. The van der Waals surface area contributed by atoms with Crippen molar-refractivity contribution in [3.8, 4) is 23.0 Å². The van der Waals surface area contributed by atoms with E-state index in [0.29, 0.717) is 34.4 Å². The van der Waals surface area contributed by atoms with E-state index in [-0.39, 0.29) is 0 Å². The number of nitrogens with zero attached hydrogens (tertiary/aromatic N) is 2. The zero-order valence-electron chi connectivity index (χ0n) is 14.1. The van der Waals surface area contributed by atoms with Gasteiger partial charge in [-0.25, -0.2) is 4.79 Å². The van der Waals surface area contributed by atoms with Crippen molar-refractivity contribution >= 4 is 17.3 Å². The van der Waals surface area contributed by atoms with Crippen LogP contribution in [0.25, 0.3) is 0 Å². The van der Waals surface area contributed by atoms with Crippen LogP contribution in [0.4, 0.5) is 11.4 Å². The van der Waals surface area contributed by atoms with Gasteiger partial charge < -0.3 is 24.1 Å². The van der Waals surface area contributed by atoms with Crippen molar-refractivity contribution in [1.82, 2.24) is 0 Å². The van der Waals surface area contributed by atoms with Crippen LogP contribution in [-0.4, -0.2) is 39.0 Å². The Morgan fingerprint density at radius 2 is 1.48 bits per heavy atom. The van der Waals surface area contributed by atoms with E-state index in [4.69, 9.17) is 24.1 Å². The predicted octanol–water partition coefficient (Wildman–Crippen LogP) is 3.59. The molecule has 0 aliphatic heterocycles. The van der Waals surface area contributed by atoms with E-state index in [1.807, 2.05) is 0 Å².